The van der Waals surface area contributed by atoms with E-state index >= 15 is 0 Å². The highest BCUT2D eigenvalue weighted by Gasteiger charge is 2.18. The Hall–Kier alpha value is -1.44. The Morgan fingerprint density at radius 1 is 1.33 bits per heavy atom. The van der Waals surface area contributed by atoms with Gasteiger partial charge in [-0.3, -0.25) is 4.98 Å². The number of hydrogen-bond donors (Lipinski definition) is 2. The van der Waals surface area contributed by atoms with Gasteiger partial charge in [-0.2, -0.15) is 11.3 Å². The van der Waals surface area contributed by atoms with Crippen molar-refractivity contribution in [1.82, 2.24) is 9.71 Å². The zero-order valence-electron chi connectivity index (χ0n) is 12.1. The zero-order valence-corrected chi connectivity index (χ0v) is 13.7. The monoisotopic (exact) mass is 325 g/mol. The molecule has 0 aliphatic carbocycles. The van der Waals surface area contributed by atoms with Crippen LogP contribution in [0.15, 0.2) is 34.1 Å². The number of rotatable bonds is 7. The van der Waals surface area contributed by atoms with Gasteiger partial charge in [0, 0.05) is 25.5 Å². The van der Waals surface area contributed by atoms with Gasteiger partial charge in [0.25, 0.3) is 0 Å². The van der Waals surface area contributed by atoms with Crippen molar-refractivity contribution in [3.8, 4) is 0 Å². The van der Waals surface area contributed by atoms with Gasteiger partial charge in [-0.1, -0.05) is 6.92 Å². The van der Waals surface area contributed by atoms with E-state index in [1.165, 1.54) is 6.20 Å². The third kappa shape index (κ3) is 4.03. The Bertz CT molecular complexity index is 696. The molecule has 0 amide bonds. The van der Waals surface area contributed by atoms with E-state index in [1.807, 2.05) is 24.6 Å². The highest BCUT2D eigenvalue weighted by molar-refractivity contribution is 7.89. The van der Waals surface area contributed by atoms with Crippen LogP contribution in [0.3, 0.4) is 0 Å². The van der Waals surface area contributed by atoms with Gasteiger partial charge in [0.2, 0.25) is 10.0 Å². The van der Waals surface area contributed by atoms with Gasteiger partial charge in [0.15, 0.2) is 0 Å². The van der Waals surface area contributed by atoms with Gasteiger partial charge in [0.1, 0.15) is 4.90 Å². The summed E-state index contributed by atoms with van der Waals surface area (Å²) in [6, 6.07) is 1.68. The van der Waals surface area contributed by atoms with E-state index in [9.17, 15) is 8.42 Å². The lowest BCUT2D eigenvalue weighted by Crippen LogP contribution is -2.24. The molecular formula is C14H19N3O2S2. The fraction of sp³-hybridized carbons (Fsp3) is 0.357. The summed E-state index contributed by atoms with van der Waals surface area (Å²) in [6.45, 7) is 5.01. The fourth-order valence-electron chi connectivity index (χ4n) is 1.82. The van der Waals surface area contributed by atoms with E-state index in [0.29, 0.717) is 12.2 Å². The molecule has 2 heterocycles. The van der Waals surface area contributed by atoms with Crippen molar-refractivity contribution in [1.29, 1.82) is 0 Å². The van der Waals surface area contributed by atoms with Crippen LogP contribution in [-0.2, 0) is 16.6 Å². The first-order chi connectivity index (χ1) is 10.0. The molecular weight excluding hydrogens is 306 g/mol. The average molecular weight is 325 g/mol. The number of nitrogens with zero attached hydrogens (tertiary/aromatic N) is 1. The third-order valence-electron chi connectivity index (χ3n) is 3.05. The molecule has 0 aliphatic heterocycles. The van der Waals surface area contributed by atoms with Gasteiger partial charge < -0.3 is 5.32 Å². The van der Waals surface area contributed by atoms with Gasteiger partial charge in [-0.25, -0.2) is 13.1 Å². The van der Waals surface area contributed by atoms with Gasteiger partial charge in [0.05, 0.1) is 5.69 Å². The van der Waals surface area contributed by atoms with Crippen molar-refractivity contribution in [3.63, 3.8) is 0 Å². The Labute approximate surface area is 129 Å². The normalized spacial score (nSPS) is 11.5. The first kappa shape index (κ1) is 15.9. The summed E-state index contributed by atoms with van der Waals surface area (Å²) in [5.74, 6) is 0. The van der Waals surface area contributed by atoms with Crippen LogP contribution in [-0.4, -0.2) is 19.9 Å². The van der Waals surface area contributed by atoms with Crippen LogP contribution in [0.25, 0.3) is 0 Å². The molecule has 0 unspecified atom stereocenters. The standard InChI is InChI=1S/C14H19N3O2S2/c1-3-5-16-13-4-6-15-8-14(13)21(18,19)17-7-12-10-20-9-11(12)2/h4,6,8-10,17H,3,5,7H2,1-2H3,(H,15,16). The molecule has 21 heavy (non-hydrogen) atoms. The highest BCUT2D eigenvalue weighted by Crippen LogP contribution is 2.20. The number of nitrogens with one attached hydrogen (secondary N) is 2. The molecule has 2 N–H and O–H groups in total. The van der Waals surface area contributed by atoms with Crippen molar-refractivity contribution in [3.05, 3.63) is 40.3 Å². The highest BCUT2D eigenvalue weighted by atomic mass is 32.2. The molecule has 0 radical (unpaired) electrons. The number of sulfonamides is 1. The zero-order chi connectivity index (χ0) is 15.3. The number of aromatic nitrogens is 1. The fourth-order valence-corrected chi connectivity index (χ4v) is 3.81. The predicted octanol–water partition coefficient (Wildman–Crippen LogP) is 2.75. The second-order valence-corrected chi connectivity index (χ2v) is 7.18. The molecule has 0 aliphatic rings. The predicted molar refractivity (Wildman–Crippen MR) is 86.1 cm³/mol. The molecule has 0 saturated heterocycles. The minimum absolute atomic E-state index is 0.186. The van der Waals surface area contributed by atoms with Crippen molar-refractivity contribution < 1.29 is 8.42 Å². The summed E-state index contributed by atoms with van der Waals surface area (Å²) in [4.78, 5) is 4.11. The van der Waals surface area contributed by atoms with E-state index < -0.39 is 10.0 Å². The number of pyridine rings is 1. The minimum Gasteiger partial charge on any atom is -0.384 e. The lowest BCUT2D eigenvalue weighted by molar-refractivity contribution is 0.581. The smallest absolute Gasteiger partial charge is 0.244 e. The van der Waals surface area contributed by atoms with Crippen LogP contribution in [0, 0.1) is 6.92 Å². The van der Waals surface area contributed by atoms with Crippen molar-refractivity contribution >= 4 is 27.0 Å². The maximum atomic E-state index is 12.4. The molecule has 0 atom stereocenters. The van der Waals surface area contributed by atoms with E-state index in [-0.39, 0.29) is 4.90 Å². The molecule has 0 spiro atoms. The van der Waals surface area contributed by atoms with Gasteiger partial charge in [-0.15, -0.1) is 0 Å². The molecule has 0 aromatic carbocycles. The first-order valence-electron chi connectivity index (χ1n) is 6.74. The lowest BCUT2D eigenvalue weighted by atomic mass is 10.2. The average Bonchev–Trinajstić information content (AvgIpc) is 2.89. The molecule has 5 nitrogen and oxygen atoms in total. The lowest BCUT2D eigenvalue weighted by Gasteiger charge is -2.12. The minimum atomic E-state index is -3.58. The summed E-state index contributed by atoms with van der Waals surface area (Å²) in [5.41, 5.74) is 2.68. The molecule has 0 bridgehead atoms. The Morgan fingerprint density at radius 2 is 2.14 bits per heavy atom. The Morgan fingerprint density at radius 3 is 2.81 bits per heavy atom. The van der Waals surface area contributed by atoms with Crippen LogP contribution in [0.5, 0.6) is 0 Å². The summed E-state index contributed by atoms with van der Waals surface area (Å²) < 4.78 is 27.5. The van der Waals surface area contributed by atoms with Crippen LogP contribution in [0.2, 0.25) is 0 Å². The Kier molecular flexibility index (Phi) is 5.33. The molecule has 7 heteroatoms. The van der Waals surface area contributed by atoms with Gasteiger partial charge in [-0.05, 0) is 41.3 Å². The van der Waals surface area contributed by atoms with Crippen LogP contribution >= 0.6 is 11.3 Å². The van der Waals surface area contributed by atoms with E-state index in [0.717, 1.165) is 24.1 Å². The summed E-state index contributed by atoms with van der Waals surface area (Å²) in [5, 5.41) is 7.07. The van der Waals surface area contributed by atoms with Crippen LogP contribution in [0.1, 0.15) is 24.5 Å². The topological polar surface area (TPSA) is 71.1 Å². The van der Waals surface area contributed by atoms with Crippen molar-refractivity contribution in [2.45, 2.75) is 31.7 Å². The molecule has 2 aromatic heterocycles. The second kappa shape index (κ2) is 7.02. The van der Waals surface area contributed by atoms with Crippen molar-refractivity contribution in [2.75, 3.05) is 11.9 Å². The molecule has 0 fully saturated rings. The summed E-state index contributed by atoms with van der Waals surface area (Å²) in [6.07, 6.45) is 3.88. The largest absolute Gasteiger partial charge is 0.384 e. The van der Waals surface area contributed by atoms with E-state index in [2.05, 4.69) is 15.0 Å². The molecule has 114 valence electrons. The van der Waals surface area contributed by atoms with Crippen LogP contribution < -0.4 is 10.0 Å². The van der Waals surface area contributed by atoms with Crippen LogP contribution in [0.4, 0.5) is 5.69 Å². The number of hydrogen-bond acceptors (Lipinski definition) is 5. The molecule has 2 rings (SSSR count). The molecule has 2 aromatic rings. The van der Waals surface area contributed by atoms with E-state index in [4.69, 9.17) is 0 Å². The maximum absolute atomic E-state index is 12.4. The first-order valence-corrected chi connectivity index (χ1v) is 9.16. The number of anilines is 1. The molecule has 0 saturated carbocycles. The summed E-state index contributed by atoms with van der Waals surface area (Å²) >= 11 is 1.57. The Balaban J connectivity index is 2.17. The number of aryl methyl sites for hydroxylation is 1. The number of thiophene rings is 1. The quantitative estimate of drug-likeness (QED) is 0.821. The van der Waals surface area contributed by atoms with Gasteiger partial charge >= 0.3 is 0 Å². The third-order valence-corrected chi connectivity index (χ3v) is 5.39. The summed E-state index contributed by atoms with van der Waals surface area (Å²) in [7, 11) is -3.58. The van der Waals surface area contributed by atoms with Crippen molar-refractivity contribution in [2.24, 2.45) is 0 Å². The second-order valence-electron chi connectivity index (χ2n) is 4.70. The SMILES string of the molecule is CCCNc1ccncc1S(=O)(=O)NCc1cscc1C. The maximum Gasteiger partial charge on any atom is 0.244 e. The van der Waals surface area contributed by atoms with E-state index in [1.54, 1.807) is 23.6 Å².